The molecule has 0 saturated heterocycles. The maximum atomic E-state index is 13.6. The molecule has 0 fully saturated rings. The number of benzene rings is 1. The molecule has 104 valence electrons. The minimum absolute atomic E-state index is 0.166. The molecule has 1 N–H and O–H groups in total. The quantitative estimate of drug-likeness (QED) is 0.820. The molecule has 1 atom stereocenters. The molecule has 0 bridgehead atoms. The standard InChI is InChI=1S/C16H22FNO/c1-4-18-14(9-8-11(2)3)15-10-12-6-5-7-13(17)16(12)19-15/h5-7,10-11,14,18H,4,8-9H2,1-3H3. The molecule has 0 radical (unpaired) electrons. The van der Waals surface area contributed by atoms with Crippen LogP contribution in [-0.4, -0.2) is 6.54 Å². The van der Waals surface area contributed by atoms with Crippen molar-refractivity contribution < 1.29 is 8.81 Å². The van der Waals surface area contributed by atoms with Gasteiger partial charge in [-0.1, -0.05) is 32.9 Å². The van der Waals surface area contributed by atoms with Crippen LogP contribution >= 0.6 is 0 Å². The number of fused-ring (bicyclic) bond motifs is 1. The minimum Gasteiger partial charge on any atom is -0.456 e. The lowest BCUT2D eigenvalue weighted by Gasteiger charge is -2.16. The smallest absolute Gasteiger partial charge is 0.169 e. The third-order valence-electron chi connectivity index (χ3n) is 3.34. The molecule has 0 aliphatic heterocycles. The summed E-state index contributed by atoms with van der Waals surface area (Å²) in [4.78, 5) is 0. The molecule has 1 aromatic carbocycles. The molecule has 0 amide bonds. The van der Waals surface area contributed by atoms with Crippen LogP contribution in [0.3, 0.4) is 0 Å². The maximum Gasteiger partial charge on any atom is 0.169 e. The van der Waals surface area contributed by atoms with Crippen LogP contribution in [0.4, 0.5) is 4.39 Å². The Bertz CT molecular complexity index is 533. The van der Waals surface area contributed by atoms with E-state index in [0.29, 0.717) is 11.5 Å². The Hall–Kier alpha value is -1.35. The summed E-state index contributed by atoms with van der Waals surface area (Å²) in [6.07, 6.45) is 2.13. The largest absolute Gasteiger partial charge is 0.456 e. The van der Waals surface area contributed by atoms with Crippen LogP contribution in [0.2, 0.25) is 0 Å². The number of halogens is 1. The highest BCUT2D eigenvalue weighted by molar-refractivity contribution is 5.78. The predicted octanol–water partition coefficient (Wildman–Crippen LogP) is 4.66. The molecule has 19 heavy (non-hydrogen) atoms. The van der Waals surface area contributed by atoms with Crippen molar-refractivity contribution in [2.24, 2.45) is 5.92 Å². The molecular formula is C16H22FNO. The molecule has 0 aliphatic rings. The molecule has 1 heterocycles. The Morgan fingerprint density at radius 1 is 1.26 bits per heavy atom. The molecule has 0 spiro atoms. The Balaban J connectivity index is 2.25. The van der Waals surface area contributed by atoms with Crippen LogP contribution in [0.1, 0.15) is 45.4 Å². The number of rotatable bonds is 6. The highest BCUT2D eigenvalue weighted by Crippen LogP contribution is 2.28. The van der Waals surface area contributed by atoms with E-state index in [-0.39, 0.29) is 11.9 Å². The third-order valence-corrected chi connectivity index (χ3v) is 3.34. The van der Waals surface area contributed by atoms with Crippen molar-refractivity contribution in [1.82, 2.24) is 5.32 Å². The SMILES string of the molecule is CCNC(CCC(C)C)c1cc2cccc(F)c2o1. The van der Waals surface area contributed by atoms with E-state index in [9.17, 15) is 4.39 Å². The van der Waals surface area contributed by atoms with E-state index < -0.39 is 0 Å². The predicted molar refractivity (Wildman–Crippen MR) is 76.7 cm³/mol. The normalized spacial score (nSPS) is 13.3. The monoisotopic (exact) mass is 263 g/mol. The first kappa shape index (κ1) is 14.1. The highest BCUT2D eigenvalue weighted by Gasteiger charge is 2.17. The number of nitrogens with one attached hydrogen (secondary N) is 1. The lowest BCUT2D eigenvalue weighted by molar-refractivity contribution is 0.384. The zero-order chi connectivity index (χ0) is 13.8. The second-order valence-corrected chi connectivity index (χ2v) is 5.39. The van der Waals surface area contributed by atoms with Crippen molar-refractivity contribution in [2.45, 2.75) is 39.7 Å². The molecule has 3 heteroatoms. The highest BCUT2D eigenvalue weighted by atomic mass is 19.1. The fourth-order valence-corrected chi connectivity index (χ4v) is 2.31. The fraction of sp³-hybridized carbons (Fsp3) is 0.500. The third kappa shape index (κ3) is 3.35. The van der Waals surface area contributed by atoms with Crippen molar-refractivity contribution in [2.75, 3.05) is 6.54 Å². The van der Waals surface area contributed by atoms with E-state index >= 15 is 0 Å². The summed E-state index contributed by atoms with van der Waals surface area (Å²) >= 11 is 0. The van der Waals surface area contributed by atoms with E-state index in [0.717, 1.165) is 30.5 Å². The van der Waals surface area contributed by atoms with Gasteiger partial charge in [0.1, 0.15) is 5.76 Å². The van der Waals surface area contributed by atoms with Crippen LogP contribution in [0.25, 0.3) is 11.0 Å². The first-order chi connectivity index (χ1) is 9.11. The zero-order valence-corrected chi connectivity index (χ0v) is 11.9. The summed E-state index contributed by atoms with van der Waals surface area (Å²) < 4.78 is 19.4. The number of hydrogen-bond acceptors (Lipinski definition) is 2. The van der Waals surface area contributed by atoms with Gasteiger partial charge in [-0.2, -0.15) is 0 Å². The summed E-state index contributed by atoms with van der Waals surface area (Å²) in [5.74, 6) is 1.20. The zero-order valence-electron chi connectivity index (χ0n) is 11.9. The number of hydrogen-bond donors (Lipinski definition) is 1. The molecule has 0 aliphatic carbocycles. The molecule has 1 aromatic heterocycles. The Morgan fingerprint density at radius 2 is 2.05 bits per heavy atom. The topological polar surface area (TPSA) is 25.2 Å². The number of para-hydroxylation sites is 1. The number of furan rings is 1. The molecule has 2 rings (SSSR count). The van der Waals surface area contributed by atoms with Crippen LogP contribution in [-0.2, 0) is 0 Å². The molecular weight excluding hydrogens is 241 g/mol. The first-order valence-corrected chi connectivity index (χ1v) is 7.03. The van der Waals surface area contributed by atoms with Gasteiger partial charge in [0.05, 0.1) is 6.04 Å². The first-order valence-electron chi connectivity index (χ1n) is 7.03. The van der Waals surface area contributed by atoms with Gasteiger partial charge in [0.15, 0.2) is 11.4 Å². The van der Waals surface area contributed by atoms with Crippen molar-refractivity contribution in [3.63, 3.8) is 0 Å². The van der Waals surface area contributed by atoms with E-state index in [4.69, 9.17) is 4.42 Å². The van der Waals surface area contributed by atoms with Crippen molar-refractivity contribution in [3.8, 4) is 0 Å². The summed E-state index contributed by atoms with van der Waals surface area (Å²) in [5, 5.41) is 4.25. The summed E-state index contributed by atoms with van der Waals surface area (Å²) in [5.41, 5.74) is 0.366. The van der Waals surface area contributed by atoms with Gasteiger partial charge < -0.3 is 9.73 Å². The summed E-state index contributed by atoms with van der Waals surface area (Å²) in [6, 6.07) is 7.15. The molecule has 1 unspecified atom stereocenters. The van der Waals surface area contributed by atoms with Crippen LogP contribution in [0.5, 0.6) is 0 Å². The van der Waals surface area contributed by atoms with Gasteiger partial charge in [-0.05, 0) is 37.4 Å². The minimum atomic E-state index is -0.289. The molecule has 2 nitrogen and oxygen atoms in total. The Kier molecular flexibility index (Phi) is 4.59. The van der Waals surface area contributed by atoms with Crippen molar-refractivity contribution in [1.29, 1.82) is 0 Å². The Labute approximate surface area is 114 Å². The molecule has 0 saturated carbocycles. The average Bonchev–Trinajstić information content (AvgIpc) is 2.79. The van der Waals surface area contributed by atoms with Gasteiger partial charge in [-0.15, -0.1) is 0 Å². The van der Waals surface area contributed by atoms with E-state index in [1.165, 1.54) is 6.07 Å². The second-order valence-electron chi connectivity index (χ2n) is 5.39. The van der Waals surface area contributed by atoms with Gasteiger partial charge >= 0.3 is 0 Å². The van der Waals surface area contributed by atoms with Crippen LogP contribution < -0.4 is 5.32 Å². The van der Waals surface area contributed by atoms with E-state index in [1.54, 1.807) is 6.07 Å². The molecule has 2 aromatic rings. The van der Waals surface area contributed by atoms with Gasteiger partial charge in [0.2, 0.25) is 0 Å². The fourth-order valence-electron chi connectivity index (χ4n) is 2.31. The van der Waals surface area contributed by atoms with Gasteiger partial charge in [-0.25, -0.2) is 4.39 Å². The maximum absolute atomic E-state index is 13.6. The van der Waals surface area contributed by atoms with Crippen molar-refractivity contribution >= 4 is 11.0 Å². The lowest BCUT2D eigenvalue weighted by Crippen LogP contribution is -2.20. The average molecular weight is 263 g/mol. The summed E-state index contributed by atoms with van der Waals surface area (Å²) in [6.45, 7) is 7.37. The van der Waals surface area contributed by atoms with Crippen molar-refractivity contribution in [3.05, 3.63) is 35.8 Å². The van der Waals surface area contributed by atoms with E-state index in [2.05, 4.69) is 26.1 Å². The lowest BCUT2D eigenvalue weighted by atomic mass is 10.0. The Morgan fingerprint density at radius 3 is 2.68 bits per heavy atom. The van der Waals surface area contributed by atoms with Crippen LogP contribution in [0.15, 0.2) is 28.7 Å². The van der Waals surface area contributed by atoms with Crippen LogP contribution in [0, 0.1) is 11.7 Å². The van der Waals surface area contributed by atoms with E-state index in [1.807, 2.05) is 12.1 Å². The van der Waals surface area contributed by atoms with Gasteiger partial charge in [-0.3, -0.25) is 0 Å². The van der Waals surface area contributed by atoms with Gasteiger partial charge in [0, 0.05) is 5.39 Å². The summed E-state index contributed by atoms with van der Waals surface area (Å²) in [7, 11) is 0. The second kappa shape index (κ2) is 6.20. The van der Waals surface area contributed by atoms with Gasteiger partial charge in [0.25, 0.3) is 0 Å².